The molecule has 0 saturated heterocycles. The molecule has 108 valence electrons. The van der Waals surface area contributed by atoms with Gasteiger partial charge in [-0.1, -0.05) is 13.0 Å². The van der Waals surface area contributed by atoms with Crippen molar-refractivity contribution in [1.82, 2.24) is 15.5 Å². The lowest BCUT2D eigenvalue weighted by molar-refractivity contribution is -0.0498. The standard InChI is InChI=1S/C13H15F2N3O2/c1-2-6-16-8-11-17-18-12(20-11)9-4-3-5-10(7-9)19-13(14)15/h3-5,7,13,16H,2,6,8H2,1H3. The van der Waals surface area contributed by atoms with E-state index in [-0.39, 0.29) is 11.6 Å². The van der Waals surface area contributed by atoms with Crippen LogP contribution < -0.4 is 10.1 Å². The zero-order valence-corrected chi connectivity index (χ0v) is 11.0. The van der Waals surface area contributed by atoms with E-state index in [9.17, 15) is 8.78 Å². The number of nitrogens with one attached hydrogen (secondary N) is 1. The summed E-state index contributed by atoms with van der Waals surface area (Å²) in [6, 6.07) is 6.15. The molecule has 0 spiro atoms. The molecule has 1 N–H and O–H groups in total. The van der Waals surface area contributed by atoms with Crippen LogP contribution in [0.25, 0.3) is 11.5 Å². The second kappa shape index (κ2) is 6.95. The van der Waals surface area contributed by atoms with Crippen molar-refractivity contribution in [3.05, 3.63) is 30.2 Å². The number of halogens is 2. The number of rotatable bonds is 7. The molecule has 0 aliphatic heterocycles. The van der Waals surface area contributed by atoms with E-state index in [0.717, 1.165) is 13.0 Å². The third-order valence-electron chi connectivity index (χ3n) is 2.48. The van der Waals surface area contributed by atoms with Crippen molar-refractivity contribution in [1.29, 1.82) is 0 Å². The number of ether oxygens (including phenoxy) is 1. The maximum atomic E-state index is 12.1. The number of alkyl halides is 2. The molecule has 1 aromatic carbocycles. The van der Waals surface area contributed by atoms with Gasteiger partial charge in [0, 0.05) is 5.56 Å². The average Bonchev–Trinajstić information content (AvgIpc) is 2.87. The fraction of sp³-hybridized carbons (Fsp3) is 0.385. The van der Waals surface area contributed by atoms with Gasteiger partial charge in [-0.15, -0.1) is 10.2 Å². The molecule has 2 rings (SSSR count). The Balaban J connectivity index is 2.07. The van der Waals surface area contributed by atoms with Crippen molar-refractivity contribution in [2.45, 2.75) is 26.5 Å². The van der Waals surface area contributed by atoms with Crippen molar-refractivity contribution in [2.24, 2.45) is 0 Å². The Labute approximate surface area is 115 Å². The van der Waals surface area contributed by atoms with Crippen LogP contribution in [0.4, 0.5) is 8.78 Å². The smallest absolute Gasteiger partial charge is 0.387 e. The Morgan fingerprint density at radius 2 is 2.20 bits per heavy atom. The van der Waals surface area contributed by atoms with Gasteiger partial charge in [0.25, 0.3) is 0 Å². The maximum absolute atomic E-state index is 12.1. The van der Waals surface area contributed by atoms with Crippen LogP contribution in [-0.4, -0.2) is 23.4 Å². The van der Waals surface area contributed by atoms with Crippen LogP contribution in [0.1, 0.15) is 19.2 Å². The Kier molecular flexibility index (Phi) is 5.00. The number of hydrogen-bond acceptors (Lipinski definition) is 5. The maximum Gasteiger partial charge on any atom is 0.387 e. The van der Waals surface area contributed by atoms with E-state index >= 15 is 0 Å². The van der Waals surface area contributed by atoms with E-state index in [1.54, 1.807) is 12.1 Å². The van der Waals surface area contributed by atoms with Crippen molar-refractivity contribution in [2.75, 3.05) is 6.54 Å². The highest BCUT2D eigenvalue weighted by molar-refractivity contribution is 5.55. The van der Waals surface area contributed by atoms with Crippen LogP contribution in [-0.2, 0) is 6.54 Å². The summed E-state index contributed by atoms with van der Waals surface area (Å²) in [6.45, 7) is 0.534. The molecule has 0 saturated carbocycles. The van der Waals surface area contributed by atoms with E-state index in [2.05, 4.69) is 27.2 Å². The first kappa shape index (κ1) is 14.4. The SMILES string of the molecule is CCCNCc1nnc(-c2cccc(OC(F)F)c2)o1. The minimum absolute atomic E-state index is 0.0568. The van der Waals surface area contributed by atoms with Crippen LogP contribution in [0.15, 0.2) is 28.7 Å². The van der Waals surface area contributed by atoms with Crippen LogP contribution in [0, 0.1) is 0 Å². The van der Waals surface area contributed by atoms with Crippen molar-refractivity contribution < 1.29 is 17.9 Å². The monoisotopic (exact) mass is 283 g/mol. The number of benzene rings is 1. The van der Waals surface area contributed by atoms with Crippen molar-refractivity contribution in [3.8, 4) is 17.2 Å². The Hall–Kier alpha value is -2.02. The van der Waals surface area contributed by atoms with Crippen molar-refractivity contribution in [3.63, 3.8) is 0 Å². The van der Waals surface area contributed by atoms with Crippen LogP contribution in [0.3, 0.4) is 0 Å². The highest BCUT2D eigenvalue weighted by atomic mass is 19.3. The Morgan fingerprint density at radius 3 is 2.95 bits per heavy atom. The fourth-order valence-corrected chi connectivity index (χ4v) is 1.62. The van der Waals surface area contributed by atoms with Gasteiger partial charge in [0.2, 0.25) is 11.8 Å². The lowest BCUT2D eigenvalue weighted by atomic mass is 10.2. The topological polar surface area (TPSA) is 60.2 Å². The molecule has 0 atom stereocenters. The predicted molar refractivity (Wildman–Crippen MR) is 68.4 cm³/mol. The van der Waals surface area contributed by atoms with Gasteiger partial charge in [-0.2, -0.15) is 8.78 Å². The second-order valence-corrected chi connectivity index (χ2v) is 4.08. The van der Waals surface area contributed by atoms with Crippen LogP contribution in [0.2, 0.25) is 0 Å². The van der Waals surface area contributed by atoms with E-state index in [0.29, 0.717) is 18.0 Å². The van der Waals surface area contributed by atoms with Gasteiger partial charge in [-0.05, 0) is 31.2 Å². The van der Waals surface area contributed by atoms with E-state index < -0.39 is 6.61 Å². The number of nitrogens with zero attached hydrogens (tertiary/aromatic N) is 2. The first-order chi connectivity index (χ1) is 9.69. The summed E-state index contributed by atoms with van der Waals surface area (Å²) >= 11 is 0. The molecule has 2 aromatic rings. The minimum Gasteiger partial charge on any atom is -0.435 e. The zero-order valence-electron chi connectivity index (χ0n) is 11.0. The van der Waals surface area contributed by atoms with Gasteiger partial charge < -0.3 is 14.5 Å². The average molecular weight is 283 g/mol. The first-order valence-corrected chi connectivity index (χ1v) is 6.27. The first-order valence-electron chi connectivity index (χ1n) is 6.27. The van der Waals surface area contributed by atoms with Gasteiger partial charge >= 0.3 is 6.61 Å². The molecule has 0 radical (unpaired) electrons. The normalized spacial score (nSPS) is 11.0. The molecular weight excluding hydrogens is 268 g/mol. The molecule has 0 fully saturated rings. The number of hydrogen-bond donors (Lipinski definition) is 1. The summed E-state index contributed by atoms with van der Waals surface area (Å²) < 4.78 is 34.1. The van der Waals surface area contributed by atoms with E-state index in [1.807, 2.05) is 0 Å². The molecule has 20 heavy (non-hydrogen) atoms. The van der Waals surface area contributed by atoms with Gasteiger partial charge in [-0.25, -0.2) is 0 Å². The minimum atomic E-state index is -2.86. The Morgan fingerprint density at radius 1 is 1.35 bits per heavy atom. The highest BCUT2D eigenvalue weighted by Gasteiger charge is 2.10. The lowest BCUT2D eigenvalue weighted by Crippen LogP contribution is -2.13. The molecule has 0 amide bonds. The summed E-state index contributed by atoms with van der Waals surface area (Å²) in [7, 11) is 0. The lowest BCUT2D eigenvalue weighted by Gasteiger charge is -2.04. The summed E-state index contributed by atoms with van der Waals surface area (Å²) in [5, 5.41) is 10.9. The van der Waals surface area contributed by atoms with E-state index in [4.69, 9.17) is 4.42 Å². The summed E-state index contributed by atoms with van der Waals surface area (Å²) in [4.78, 5) is 0. The highest BCUT2D eigenvalue weighted by Crippen LogP contribution is 2.23. The predicted octanol–water partition coefficient (Wildman–Crippen LogP) is 2.84. The third-order valence-corrected chi connectivity index (χ3v) is 2.48. The van der Waals surface area contributed by atoms with Crippen molar-refractivity contribution >= 4 is 0 Å². The van der Waals surface area contributed by atoms with Gasteiger partial charge in [0.1, 0.15) is 5.75 Å². The second-order valence-electron chi connectivity index (χ2n) is 4.08. The summed E-state index contributed by atoms with van der Waals surface area (Å²) in [5.74, 6) is 0.785. The van der Waals surface area contributed by atoms with Crippen LogP contribution >= 0.6 is 0 Å². The number of aromatic nitrogens is 2. The zero-order chi connectivity index (χ0) is 14.4. The van der Waals surface area contributed by atoms with Gasteiger partial charge in [0.15, 0.2) is 0 Å². The summed E-state index contributed by atoms with van der Waals surface area (Å²) in [5.41, 5.74) is 0.539. The quantitative estimate of drug-likeness (QED) is 0.792. The van der Waals surface area contributed by atoms with Crippen LogP contribution in [0.5, 0.6) is 5.75 Å². The fourth-order valence-electron chi connectivity index (χ4n) is 1.62. The molecule has 0 unspecified atom stereocenters. The van der Waals surface area contributed by atoms with Gasteiger partial charge in [-0.3, -0.25) is 0 Å². The summed E-state index contributed by atoms with van der Waals surface area (Å²) in [6.07, 6.45) is 1.01. The molecule has 5 nitrogen and oxygen atoms in total. The molecule has 1 heterocycles. The van der Waals surface area contributed by atoms with Gasteiger partial charge in [0.05, 0.1) is 6.54 Å². The molecular formula is C13H15F2N3O2. The molecule has 0 aliphatic carbocycles. The largest absolute Gasteiger partial charge is 0.435 e. The van der Waals surface area contributed by atoms with E-state index in [1.165, 1.54) is 12.1 Å². The molecule has 7 heteroatoms. The molecule has 0 bridgehead atoms. The molecule has 0 aliphatic rings. The third kappa shape index (κ3) is 3.99. The Bertz CT molecular complexity index is 546. The molecule has 1 aromatic heterocycles.